The Balaban J connectivity index is 0.000000106. The molecule has 12 nitrogen and oxygen atoms in total. The van der Waals surface area contributed by atoms with Crippen molar-refractivity contribution in [2.24, 2.45) is 0 Å². The lowest BCUT2D eigenvalue weighted by Crippen LogP contribution is -1.94. The van der Waals surface area contributed by atoms with Gasteiger partial charge in [0.2, 0.25) is 0 Å². The van der Waals surface area contributed by atoms with Gasteiger partial charge in [0, 0.05) is 149 Å². The molecule has 0 unspecified atom stereocenters. The summed E-state index contributed by atoms with van der Waals surface area (Å²) in [4.78, 5) is 61.2. The van der Waals surface area contributed by atoms with Gasteiger partial charge in [-0.1, -0.05) is 382 Å². The van der Waals surface area contributed by atoms with Crippen molar-refractivity contribution in [1.82, 2.24) is 59.8 Å². The molecule has 0 bridgehead atoms. The van der Waals surface area contributed by atoms with Gasteiger partial charge in [-0.3, -0.25) is 9.97 Å². The van der Waals surface area contributed by atoms with Crippen LogP contribution in [0.25, 0.3) is 297 Å². The first-order valence-corrected chi connectivity index (χ1v) is 49.1. The Kier molecular flexibility index (Phi) is 20.3. The molecule has 0 fully saturated rings. The second-order valence-electron chi connectivity index (χ2n) is 37.1. The SMILES string of the molecule is c1ccc(-c2ccc3ccc4ccc(-c5ccc(-c6c7ccccc7nc7c6ccc6cccnc67)c6ccccc56)nc4c3n2)cc1.c1ccc(-c2ccc3ccc4ccc(-c5ccc6cc(-c7c8ccccc8nc8c7ccc7cccnc78)ccc6c5)nc4c3n2)cc1.c1ccc(-c2ccc3ccc4ccc(-c5cccc(-c6c7ccccc7nc7c6ccc6ccc(-c8ccccc8)nc67)c5)nc4c3n2)cc1. The summed E-state index contributed by atoms with van der Waals surface area (Å²) in [6.07, 6.45) is 3.69. The Labute approximate surface area is 836 Å². The van der Waals surface area contributed by atoms with E-state index < -0.39 is 0 Å². The molecule has 0 aliphatic carbocycles. The van der Waals surface area contributed by atoms with Gasteiger partial charge < -0.3 is 0 Å². The zero-order valence-corrected chi connectivity index (χ0v) is 78.6. The molecule has 0 aliphatic rings. The Bertz CT molecular complexity index is 10600. The Morgan fingerprint density at radius 3 is 0.774 bits per heavy atom. The topological polar surface area (TPSA) is 155 Å². The van der Waals surface area contributed by atoms with Crippen molar-refractivity contribution >= 4 is 185 Å². The van der Waals surface area contributed by atoms with Crippen molar-refractivity contribution in [1.29, 1.82) is 0 Å². The van der Waals surface area contributed by atoms with Crippen LogP contribution >= 0.6 is 0 Å². The lowest BCUT2D eigenvalue weighted by Gasteiger charge is -2.16. The zero-order chi connectivity index (χ0) is 96.2. The second kappa shape index (κ2) is 35.2. The maximum Gasteiger partial charge on any atom is 0.0978 e. The normalized spacial score (nSPS) is 11.7. The highest BCUT2D eigenvalue weighted by Crippen LogP contribution is 2.47. The Hall–Kier alpha value is -19.8. The average molecular weight is 1860 g/mol. The quantitative estimate of drug-likeness (QED) is 0.0945. The fourth-order valence-electron chi connectivity index (χ4n) is 21.4. The molecule has 0 amide bonds. The third-order valence-electron chi connectivity index (χ3n) is 28.5. The van der Waals surface area contributed by atoms with Crippen molar-refractivity contribution in [3.63, 3.8) is 0 Å². The first-order valence-electron chi connectivity index (χ1n) is 49.1. The molecule has 0 radical (unpaired) electrons. The highest BCUT2D eigenvalue weighted by atomic mass is 14.8. The first-order chi connectivity index (χ1) is 72.3. The predicted octanol–water partition coefficient (Wildman–Crippen LogP) is 34.1. The lowest BCUT2D eigenvalue weighted by molar-refractivity contribution is 1.36. The maximum absolute atomic E-state index is 5.31. The number of pyridine rings is 12. The van der Waals surface area contributed by atoms with Crippen LogP contribution in [0.2, 0.25) is 0 Å². The largest absolute Gasteiger partial charge is 0.254 e. The molecule has 30 aromatic rings. The van der Waals surface area contributed by atoms with Gasteiger partial charge in [0.05, 0.1) is 123 Å². The van der Waals surface area contributed by atoms with E-state index in [0.29, 0.717) is 0 Å². The van der Waals surface area contributed by atoms with Gasteiger partial charge in [-0.05, 0) is 129 Å². The highest BCUT2D eigenvalue weighted by molar-refractivity contribution is 6.23. The minimum absolute atomic E-state index is 0.898. The van der Waals surface area contributed by atoms with Gasteiger partial charge in [0.25, 0.3) is 0 Å². The number of benzene rings is 18. The number of rotatable bonds is 10. The average Bonchev–Trinajstić information content (AvgIpc) is 0.734. The van der Waals surface area contributed by atoms with Gasteiger partial charge in [0.1, 0.15) is 0 Å². The molecule has 0 saturated carbocycles. The molecule has 30 rings (SSSR count). The molecular weight excluding hydrogens is 1780 g/mol. The molecule has 12 aromatic heterocycles. The van der Waals surface area contributed by atoms with Crippen LogP contribution in [0.5, 0.6) is 0 Å². The van der Waals surface area contributed by atoms with E-state index in [1.54, 1.807) is 0 Å². The van der Waals surface area contributed by atoms with Crippen molar-refractivity contribution in [2.75, 3.05) is 0 Å². The van der Waals surface area contributed by atoms with E-state index in [-0.39, 0.29) is 0 Å². The number of nitrogens with zero attached hydrogens (tertiary/aromatic N) is 12. The smallest absolute Gasteiger partial charge is 0.0978 e. The van der Waals surface area contributed by atoms with E-state index in [0.717, 1.165) is 281 Å². The van der Waals surface area contributed by atoms with Crippen LogP contribution in [0.1, 0.15) is 0 Å². The van der Waals surface area contributed by atoms with Crippen LogP contribution in [-0.4, -0.2) is 59.8 Å². The minimum Gasteiger partial charge on any atom is -0.254 e. The lowest BCUT2D eigenvalue weighted by atomic mass is 9.89. The summed E-state index contributed by atoms with van der Waals surface area (Å²) in [5, 5.41) is 20.9. The van der Waals surface area contributed by atoms with Crippen LogP contribution < -0.4 is 0 Å². The molecule has 146 heavy (non-hydrogen) atoms. The number of hydrogen-bond donors (Lipinski definition) is 0. The van der Waals surface area contributed by atoms with Crippen LogP contribution in [0.15, 0.2) is 486 Å². The third kappa shape index (κ3) is 14.9. The molecule has 0 N–H and O–H groups in total. The monoisotopic (exact) mass is 1860 g/mol. The molecule has 0 saturated heterocycles. The Morgan fingerprint density at radius 2 is 0.370 bits per heavy atom. The summed E-state index contributed by atoms with van der Waals surface area (Å²) in [6, 6.07) is 165. The van der Waals surface area contributed by atoms with Gasteiger partial charge >= 0.3 is 0 Å². The van der Waals surface area contributed by atoms with Crippen molar-refractivity contribution in [3.8, 4) is 112 Å². The van der Waals surface area contributed by atoms with E-state index in [1.807, 2.05) is 103 Å². The van der Waals surface area contributed by atoms with Gasteiger partial charge in [0.15, 0.2) is 0 Å². The highest BCUT2D eigenvalue weighted by Gasteiger charge is 2.24. The van der Waals surface area contributed by atoms with Crippen molar-refractivity contribution in [2.45, 2.75) is 0 Å². The summed E-state index contributed by atoms with van der Waals surface area (Å²) in [5.41, 5.74) is 34.8. The van der Waals surface area contributed by atoms with Gasteiger partial charge in [-0.2, -0.15) is 0 Å². The first kappa shape index (κ1) is 84.3. The molecule has 12 heteroatoms. The van der Waals surface area contributed by atoms with Crippen LogP contribution in [-0.2, 0) is 0 Å². The molecule has 0 atom stereocenters. The number of fused-ring (bicyclic) bond motifs is 23. The second-order valence-corrected chi connectivity index (χ2v) is 37.1. The van der Waals surface area contributed by atoms with Gasteiger partial charge in [-0.15, -0.1) is 0 Å². The Morgan fingerprint density at radius 1 is 0.116 bits per heavy atom. The molecule has 18 aromatic carbocycles. The van der Waals surface area contributed by atoms with Crippen molar-refractivity contribution < 1.29 is 0 Å². The van der Waals surface area contributed by atoms with E-state index in [9.17, 15) is 0 Å². The fraction of sp³-hybridized carbons (Fsp3) is 0. The summed E-state index contributed by atoms with van der Waals surface area (Å²) in [5.74, 6) is 0. The molecule has 0 spiro atoms. The van der Waals surface area contributed by atoms with Crippen molar-refractivity contribution in [3.05, 3.63) is 486 Å². The number of hydrogen-bond acceptors (Lipinski definition) is 12. The van der Waals surface area contributed by atoms with Crippen LogP contribution in [0, 0.1) is 0 Å². The van der Waals surface area contributed by atoms with Gasteiger partial charge in [-0.25, -0.2) is 49.8 Å². The van der Waals surface area contributed by atoms with Crippen LogP contribution in [0.3, 0.4) is 0 Å². The summed E-state index contributed by atoms with van der Waals surface area (Å²) in [6.45, 7) is 0. The zero-order valence-electron chi connectivity index (χ0n) is 78.6. The molecule has 676 valence electrons. The summed E-state index contributed by atoms with van der Waals surface area (Å²) >= 11 is 0. The van der Waals surface area contributed by atoms with Crippen LogP contribution in [0.4, 0.5) is 0 Å². The minimum atomic E-state index is 0.898. The van der Waals surface area contributed by atoms with E-state index in [4.69, 9.17) is 59.8 Å². The molecule has 12 heterocycles. The summed E-state index contributed by atoms with van der Waals surface area (Å²) < 4.78 is 0. The maximum atomic E-state index is 5.31. The van der Waals surface area contributed by atoms with E-state index in [1.165, 1.54) is 16.5 Å². The number of aromatic nitrogens is 12. The van der Waals surface area contributed by atoms with E-state index >= 15 is 0 Å². The molecular formula is C134H80N12. The fourth-order valence-corrected chi connectivity index (χ4v) is 21.4. The summed E-state index contributed by atoms with van der Waals surface area (Å²) in [7, 11) is 0. The number of para-hydroxylation sites is 3. The standard InChI is InChI=1S/C46H28N4.2C44H26N4/c1-3-10-29(11-4-1)38-25-21-31-18-19-32-23-27-40(49-44(32)43(31)47-38)34-14-9-15-35(28-34)42-36-16-7-8-17-41(36)50-46-37(42)24-20-33-22-26-39(48-45(33)46)30-12-5-2-6-13-30;1-2-9-27(10-3-1)37-24-19-29-16-17-30-20-25-39(47-43(30)42(29)46-37)33-22-23-34(32-13-5-4-12-31(32)33)40-35-14-6-7-15-38(35)48-44-36(40)21-18-28-11-8-26-45-41(28)44;1-2-7-27(8-3-1)37-22-19-29-12-13-30-20-23-38(47-43(30)42(29)46-37)33-16-14-32-26-34(17-15-31(32)25-33)40-35-10-4-5-11-39(35)48-44-36(40)21-18-28-9-6-24-45-41(28)44/h1-28H;2*1-26H. The van der Waals surface area contributed by atoms with E-state index in [2.05, 4.69) is 382 Å². The molecule has 0 aliphatic heterocycles. The predicted molar refractivity (Wildman–Crippen MR) is 605 cm³/mol. The third-order valence-corrected chi connectivity index (χ3v) is 28.5.